The Morgan fingerprint density at radius 1 is 1.09 bits per heavy atom. The number of carboxylic acids is 1. The summed E-state index contributed by atoms with van der Waals surface area (Å²) in [6.07, 6.45) is 2.17. The van der Waals surface area contributed by atoms with Gasteiger partial charge in [-0.25, -0.2) is 4.39 Å². The molecule has 1 heterocycles. The van der Waals surface area contributed by atoms with Crippen LogP contribution in [0.3, 0.4) is 0 Å². The summed E-state index contributed by atoms with van der Waals surface area (Å²) in [5, 5.41) is 14.4. The summed E-state index contributed by atoms with van der Waals surface area (Å²) in [6.45, 7) is 0.519. The lowest BCUT2D eigenvalue weighted by Gasteiger charge is -2.17. The summed E-state index contributed by atoms with van der Waals surface area (Å²) in [5.41, 5.74) is 3.46. The predicted octanol–water partition coefficient (Wildman–Crippen LogP) is 5.32. The first-order valence-corrected chi connectivity index (χ1v) is 10.5. The van der Waals surface area contributed by atoms with Gasteiger partial charge in [0.15, 0.2) is 0 Å². The van der Waals surface area contributed by atoms with Crippen LogP contribution in [0.1, 0.15) is 16.7 Å². The van der Waals surface area contributed by atoms with E-state index < -0.39 is 12.0 Å². The number of carbonyl (C=O) groups is 1. The number of H-pyrrole nitrogens is 1. The predicted molar refractivity (Wildman–Crippen MR) is 122 cm³/mol. The van der Waals surface area contributed by atoms with Crippen LogP contribution in [0.4, 0.5) is 4.39 Å². The van der Waals surface area contributed by atoms with Gasteiger partial charge in [0.2, 0.25) is 0 Å². The van der Waals surface area contributed by atoms with Crippen LogP contribution in [0.15, 0.2) is 72.9 Å². The van der Waals surface area contributed by atoms with E-state index in [2.05, 4.69) is 10.3 Å². The summed E-state index contributed by atoms with van der Waals surface area (Å²) < 4.78 is 19.0. The second-order valence-electron chi connectivity index (χ2n) is 7.50. The third-order valence-electron chi connectivity index (χ3n) is 5.27. The Morgan fingerprint density at radius 3 is 2.66 bits per heavy atom. The van der Waals surface area contributed by atoms with Gasteiger partial charge in [-0.1, -0.05) is 41.9 Å². The fourth-order valence-corrected chi connectivity index (χ4v) is 3.76. The first-order valence-electron chi connectivity index (χ1n) is 10.2. The van der Waals surface area contributed by atoms with Gasteiger partial charge in [0.1, 0.15) is 24.2 Å². The van der Waals surface area contributed by atoms with Gasteiger partial charge in [0.05, 0.1) is 0 Å². The highest BCUT2D eigenvalue weighted by Gasteiger charge is 2.20. The van der Waals surface area contributed by atoms with E-state index >= 15 is 0 Å². The molecule has 3 aromatic carbocycles. The van der Waals surface area contributed by atoms with E-state index in [9.17, 15) is 14.3 Å². The number of benzene rings is 3. The standard InChI is InChI=1S/C25H22ClFN2O3/c26-19-7-10-24(32-15-16-5-8-20(27)9-6-16)18(11-19)14-29-23(25(30)31)12-17-13-28-22-4-2-1-3-21(17)22/h1-11,13,23,28-29H,12,14-15H2,(H,30,31). The van der Waals surface area contributed by atoms with Crippen LogP contribution in [0.2, 0.25) is 5.02 Å². The summed E-state index contributed by atoms with van der Waals surface area (Å²) >= 11 is 6.16. The van der Waals surface area contributed by atoms with E-state index in [0.717, 1.165) is 27.6 Å². The van der Waals surface area contributed by atoms with E-state index in [0.29, 0.717) is 17.2 Å². The van der Waals surface area contributed by atoms with E-state index in [1.807, 2.05) is 30.5 Å². The second-order valence-corrected chi connectivity index (χ2v) is 7.94. The van der Waals surface area contributed by atoms with Crippen molar-refractivity contribution in [2.75, 3.05) is 0 Å². The number of hydrogen-bond donors (Lipinski definition) is 3. The number of halogens is 2. The minimum Gasteiger partial charge on any atom is -0.489 e. The van der Waals surface area contributed by atoms with Crippen LogP contribution in [-0.2, 0) is 24.4 Å². The summed E-state index contributed by atoms with van der Waals surface area (Å²) in [6, 6.07) is 18.3. The molecule has 1 unspecified atom stereocenters. The van der Waals surface area contributed by atoms with Gasteiger partial charge >= 0.3 is 5.97 Å². The van der Waals surface area contributed by atoms with Crippen LogP contribution in [-0.4, -0.2) is 22.1 Å². The Morgan fingerprint density at radius 2 is 1.88 bits per heavy atom. The molecular weight excluding hydrogens is 431 g/mol. The first kappa shape index (κ1) is 21.9. The van der Waals surface area contributed by atoms with Crippen molar-refractivity contribution in [3.8, 4) is 5.75 Å². The molecule has 0 aliphatic carbocycles. The molecular formula is C25H22ClFN2O3. The molecule has 0 saturated carbocycles. The number of aliphatic carboxylic acids is 1. The first-order chi connectivity index (χ1) is 15.5. The number of carboxylic acid groups (broad SMARTS) is 1. The van der Waals surface area contributed by atoms with Crippen molar-refractivity contribution >= 4 is 28.5 Å². The molecule has 0 radical (unpaired) electrons. The van der Waals surface area contributed by atoms with Gasteiger partial charge in [-0.2, -0.15) is 0 Å². The van der Waals surface area contributed by atoms with Gasteiger partial charge < -0.3 is 14.8 Å². The molecule has 5 nitrogen and oxygen atoms in total. The molecule has 0 aliphatic heterocycles. The van der Waals surface area contributed by atoms with E-state index in [-0.39, 0.29) is 19.0 Å². The fraction of sp³-hybridized carbons (Fsp3) is 0.160. The van der Waals surface area contributed by atoms with E-state index in [1.54, 1.807) is 30.3 Å². The molecule has 7 heteroatoms. The number of aromatic amines is 1. The van der Waals surface area contributed by atoms with Crippen LogP contribution in [0.25, 0.3) is 10.9 Å². The molecule has 4 aromatic rings. The fourth-order valence-electron chi connectivity index (χ4n) is 3.57. The third kappa shape index (κ3) is 5.28. The molecule has 1 atom stereocenters. The smallest absolute Gasteiger partial charge is 0.321 e. The maximum atomic E-state index is 13.1. The Bertz CT molecular complexity index is 1220. The van der Waals surface area contributed by atoms with Crippen LogP contribution in [0.5, 0.6) is 5.75 Å². The lowest BCUT2D eigenvalue weighted by atomic mass is 10.0. The van der Waals surface area contributed by atoms with Crippen molar-refractivity contribution in [3.05, 3.63) is 100 Å². The number of aromatic nitrogens is 1. The van der Waals surface area contributed by atoms with Gasteiger partial charge in [0, 0.05) is 40.7 Å². The summed E-state index contributed by atoms with van der Waals surface area (Å²) in [4.78, 5) is 15.1. The number of nitrogens with one attached hydrogen (secondary N) is 2. The number of hydrogen-bond acceptors (Lipinski definition) is 3. The molecule has 164 valence electrons. The van der Waals surface area contributed by atoms with Gasteiger partial charge in [-0.05, 0) is 47.5 Å². The number of fused-ring (bicyclic) bond motifs is 1. The maximum Gasteiger partial charge on any atom is 0.321 e. The molecule has 0 saturated heterocycles. The maximum absolute atomic E-state index is 13.1. The topological polar surface area (TPSA) is 74.3 Å². The highest BCUT2D eigenvalue weighted by atomic mass is 35.5. The zero-order valence-corrected chi connectivity index (χ0v) is 17.9. The van der Waals surface area contributed by atoms with Crippen LogP contribution in [0, 0.1) is 5.82 Å². The lowest BCUT2D eigenvalue weighted by molar-refractivity contribution is -0.139. The Kier molecular flexibility index (Phi) is 6.73. The monoisotopic (exact) mass is 452 g/mol. The second kappa shape index (κ2) is 9.85. The lowest BCUT2D eigenvalue weighted by Crippen LogP contribution is -2.38. The van der Waals surface area contributed by atoms with Gasteiger partial charge in [0.25, 0.3) is 0 Å². The Labute approximate surface area is 189 Å². The molecule has 1 aromatic heterocycles. The minimum absolute atomic E-state index is 0.257. The quantitative estimate of drug-likeness (QED) is 0.321. The van der Waals surface area contributed by atoms with Crippen molar-refractivity contribution in [1.82, 2.24) is 10.3 Å². The molecule has 3 N–H and O–H groups in total. The Balaban J connectivity index is 1.46. The van der Waals surface area contributed by atoms with Crippen LogP contribution >= 0.6 is 11.6 Å². The van der Waals surface area contributed by atoms with Crippen molar-refractivity contribution < 1.29 is 19.0 Å². The normalized spacial score (nSPS) is 12.1. The molecule has 0 spiro atoms. The van der Waals surface area contributed by atoms with Gasteiger partial charge in [-0.15, -0.1) is 0 Å². The van der Waals surface area contributed by atoms with Gasteiger partial charge in [-0.3, -0.25) is 10.1 Å². The van der Waals surface area contributed by atoms with Crippen molar-refractivity contribution in [3.63, 3.8) is 0 Å². The molecule has 4 rings (SSSR count). The van der Waals surface area contributed by atoms with Crippen LogP contribution < -0.4 is 10.1 Å². The molecule has 32 heavy (non-hydrogen) atoms. The number of rotatable bonds is 9. The van der Waals surface area contributed by atoms with Crippen molar-refractivity contribution in [1.29, 1.82) is 0 Å². The molecule has 0 fully saturated rings. The highest BCUT2D eigenvalue weighted by molar-refractivity contribution is 6.30. The van der Waals surface area contributed by atoms with E-state index in [1.165, 1.54) is 12.1 Å². The number of ether oxygens (including phenoxy) is 1. The minimum atomic E-state index is -0.939. The third-order valence-corrected chi connectivity index (χ3v) is 5.50. The molecule has 0 bridgehead atoms. The van der Waals surface area contributed by atoms with E-state index in [4.69, 9.17) is 16.3 Å². The molecule has 0 amide bonds. The number of para-hydroxylation sites is 1. The largest absolute Gasteiger partial charge is 0.489 e. The molecule has 0 aliphatic rings. The average molecular weight is 453 g/mol. The summed E-state index contributed by atoms with van der Waals surface area (Å²) in [7, 11) is 0. The zero-order valence-electron chi connectivity index (χ0n) is 17.1. The van der Waals surface area contributed by atoms with Crippen molar-refractivity contribution in [2.24, 2.45) is 0 Å². The van der Waals surface area contributed by atoms with Crippen molar-refractivity contribution in [2.45, 2.75) is 25.6 Å². The highest BCUT2D eigenvalue weighted by Crippen LogP contribution is 2.25. The zero-order chi connectivity index (χ0) is 22.5. The summed E-state index contributed by atoms with van der Waals surface area (Å²) in [5.74, 6) is -0.659. The average Bonchev–Trinajstić information content (AvgIpc) is 3.19. The SMILES string of the molecule is O=C(O)C(Cc1c[nH]c2ccccc12)NCc1cc(Cl)ccc1OCc1ccc(F)cc1. The Hall–Kier alpha value is -3.35.